The molecule has 3 aromatic rings. The van der Waals surface area contributed by atoms with Crippen LogP contribution in [-0.4, -0.2) is 43.6 Å². The average molecular weight is 311 g/mol. The number of carbonyl (C=O) groups excluding carboxylic acids is 1. The molecule has 3 aromatic heterocycles. The Hall–Kier alpha value is -2.80. The molecule has 0 aliphatic rings. The Morgan fingerprint density at radius 3 is 2.87 bits per heavy atom. The Bertz CT molecular complexity index is 787. The van der Waals surface area contributed by atoms with Crippen LogP contribution in [0.1, 0.15) is 22.3 Å². The maximum Gasteiger partial charge on any atom is 0.255 e. The number of amides is 1. The van der Waals surface area contributed by atoms with Gasteiger partial charge in [0.1, 0.15) is 5.52 Å². The number of imidazole rings is 1. The summed E-state index contributed by atoms with van der Waals surface area (Å²) in [6.45, 7) is -0.124. The summed E-state index contributed by atoms with van der Waals surface area (Å²) in [5.41, 5.74) is 2.79. The predicted molar refractivity (Wildman–Crippen MR) is 84.8 cm³/mol. The number of aliphatic hydroxyl groups excluding tert-OH is 1. The monoisotopic (exact) mass is 311 g/mol. The molecule has 3 N–H and O–H groups in total. The lowest BCUT2D eigenvalue weighted by Gasteiger charge is -2.16. The van der Waals surface area contributed by atoms with Gasteiger partial charge in [-0.1, -0.05) is 0 Å². The van der Waals surface area contributed by atoms with Crippen LogP contribution in [0.2, 0.25) is 0 Å². The largest absolute Gasteiger partial charge is 0.394 e. The molecule has 0 aliphatic carbocycles. The standard InChI is InChI=1S/C16H17N5O2/c22-9-12(2-1-11-3-5-17-6-4-11)21-16(23)13-7-18-8-14-15(13)20-10-19-14/h3-8,10,12,22H,1-2,9H2,(H,19,20)(H,21,23). The highest BCUT2D eigenvalue weighted by atomic mass is 16.3. The lowest BCUT2D eigenvalue weighted by atomic mass is 10.1. The summed E-state index contributed by atoms with van der Waals surface area (Å²) in [6.07, 6.45) is 9.46. The zero-order valence-electron chi connectivity index (χ0n) is 12.4. The van der Waals surface area contributed by atoms with Gasteiger partial charge in [0.25, 0.3) is 5.91 Å². The van der Waals surface area contributed by atoms with Crippen molar-refractivity contribution in [3.63, 3.8) is 0 Å². The lowest BCUT2D eigenvalue weighted by Crippen LogP contribution is -2.38. The molecule has 7 nitrogen and oxygen atoms in total. The van der Waals surface area contributed by atoms with Crippen LogP contribution in [0.15, 0.2) is 43.2 Å². The van der Waals surface area contributed by atoms with Crippen LogP contribution in [0.4, 0.5) is 0 Å². The third-order valence-electron chi connectivity index (χ3n) is 3.66. The molecular weight excluding hydrogens is 294 g/mol. The highest BCUT2D eigenvalue weighted by molar-refractivity contribution is 6.04. The third-order valence-corrected chi connectivity index (χ3v) is 3.66. The van der Waals surface area contributed by atoms with E-state index in [0.717, 1.165) is 12.0 Å². The first kappa shape index (κ1) is 15.1. The van der Waals surface area contributed by atoms with Gasteiger partial charge in [-0.3, -0.25) is 14.8 Å². The summed E-state index contributed by atoms with van der Waals surface area (Å²) >= 11 is 0. The summed E-state index contributed by atoms with van der Waals surface area (Å²) in [7, 11) is 0. The van der Waals surface area contributed by atoms with E-state index in [9.17, 15) is 9.90 Å². The molecule has 1 unspecified atom stereocenters. The molecule has 118 valence electrons. The van der Waals surface area contributed by atoms with E-state index in [4.69, 9.17) is 0 Å². The molecule has 0 spiro atoms. The van der Waals surface area contributed by atoms with E-state index >= 15 is 0 Å². The van der Waals surface area contributed by atoms with Crippen LogP contribution in [-0.2, 0) is 6.42 Å². The number of hydrogen-bond acceptors (Lipinski definition) is 5. The van der Waals surface area contributed by atoms with Gasteiger partial charge >= 0.3 is 0 Å². The first-order chi connectivity index (χ1) is 11.3. The van der Waals surface area contributed by atoms with Gasteiger partial charge in [0.2, 0.25) is 0 Å². The van der Waals surface area contributed by atoms with Crippen molar-refractivity contribution in [1.29, 1.82) is 0 Å². The Morgan fingerprint density at radius 1 is 1.26 bits per heavy atom. The van der Waals surface area contributed by atoms with Crippen molar-refractivity contribution in [2.45, 2.75) is 18.9 Å². The number of aliphatic hydroxyl groups is 1. The van der Waals surface area contributed by atoms with Gasteiger partial charge in [0, 0.05) is 18.6 Å². The summed E-state index contributed by atoms with van der Waals surface area (Å²) in [4.78, 5) is 27.5. The molecule has 0 saturated carbocycles. The summed E-state index contributed by atoms with van der Waals surface area (Å²) in [5.74, 6) is -0.288. The quantitative estimate of drug-likeness (QED) is 0.632. The third kappa shape index (κ3) is 3.51. The van der Waals surface area contributed by atoms with Gasteiger partial charge in [0.15, 0.2) is 0 Å². The second-order valence-corrected chi connectivity index (χ2v) is 5.23. The fourth-order valence-electron chi connectivity index (χ4n) is 2.39. The Balaban J connectivity index is 1.66. The number of hydrogen-bond donors (Lipinski definition) is 3. The number of rotatable bonds is 6. The molecule has 3 rings (SSSR count). The van der Waals surface area contributed by atoms with Crippen LogP contribution < -0.4 is 5.32 Å². The second kappa shape index (κ2) is 6.97. The smallest absolute Gasteiger partial charge is 0.255 e. The van der Waals surface area contributed by atoms with Gasteiger partial charge in [-0.15, -0.1) is 0 Å². The molecule has 0 bridgehead atoms. The Kier molecular flexibility index (Phi) is 4.58. The molecule has 7 heteroatoms. The maximum absolute atomic E-state index is 12.4. The van der Waals surface area contributed by atoms with E-state index in [1.807, 2.05) is 12.1 Å². The number of aryl methyl sites for hydroxylation is 1. The number of aromatic nitrogens is 4. The van der Waals surface area contributed by atoms with Crippen LogP contribution in [0, 0.1) is 0 Å². The van der Waals surface area contributed by atoms with Crippen LogP contribution in [0.25, 0.3) is 11.0 Å². The first-order valence-electron chi connectivity index (χ1n) is 7.35. The van der Waals surface area contributed by atoms with Gasteiger partial charge in [-0.05, 0) is 30.5 Å². The molecule has 0 radical (unpaired) electrons. The molecule has 0 aliphatic heterocycles. The lowest BCUT2D eigenvalue weighted by molar-refractivity contribution is 0.0914. The second-order valence-electron chi connectivity index (χ2n) is 5.23. The fourth-order valence-corrected chi connectivity index (χ4v) is 2.39. The zero-order chi connectivity index (χ0) is 16.1. The molecule has 3 heterocycles. The summed E-state index contributed by atoms with van der Waals surface area (Å²) in [6, 6.07) is 3.51. The molecule has 0 aromatic carbocycles. The maximum atomic E-state index is 12.4. The minimum Gasteiger partial charge on any atom is -0.394 e. The van der Waals surface area contributed by atoms with Crippen molar-refractivity contribution in [3.8, 4) is 0 Å². The van der Waals surface area contributed by atoms with Crippen molar-refractivity contribution in [1.82, 2.24) is 25.3 Å². The topological polar surface area (TPSA) is 104 Å². The van der Waals surface area contributed by atoms with Crippen molar-refractivity contribution < 1.29 is 9.90 Å². The normalized spacial score (nSPS) is 12.2. The van der Waals surface area contributed by atoms with E-state index < -0.39 is 0 Å². The van der Waals surface area contributed by atoms with E-state index in [1.165, 1.54) is 12.5 Å². The average Bonchev–Trinajstić information content (AvgIpc) is 3.08. The highest BCUT2D eigenvalue weighted by Crippen LogP contribution is 2.13. The van der Waals surface area contributed by atoms with Crippen molar-refractivity contribution >= 4 is 16.9 Å². The van der Waals surface area contributed by atoms with Crippen LogP contribution in [0.3, 0.4) is 0 Å². The predicted octanol–water partition coefficient (Wildman–Crippen LogP) is 1.08. The zero-order valence-corrected chi connectivity index (χ0v) is 12.4. The Labute approximate surface area is 132 Å². The molecule has 0 saturated heterocycles. The first-order valence-corrected chi connectivity index (χ1v) is 7.35. The molecular formula is C16H17N5O2. The summed E-state index contributed by atoms with van der Waals surface area (Å²) < 4.78 is 0. The van der Waals surface area contributed by atoms with Gasteiger partial charge in [-0.2, -0.15) is 0 Å². The molecule has 23 heavy (non-hydrogen) atoms. The number of carbonyl (C=O) groups is 1. The van der Waals surface area contributed by atoms with Gasteiger partial charge in [0.05, 0.1) is 36.3 Å². The van der Waals surface area contributed by atoms with Crippen molar-refractivity contribution in [2.75, 3.05) is 6.61 Å². The Morgan fingerprint density at radius 2 is 2.09 bits per heavy atom. The molecule has 1 atom stereocenters. The number of pyridine rings is 2. The molecule has 1 amide bonds. The van der Waals surface area contributed by atoms with Gasteiger partial charge < -0.3 is 15.4 Å². The van der Waals surface area contributed by atoms with E-state index in [0.29, 0.717) is 23.0 Å². The minimum atomic E-state index is -0.329. The molecule has 0 fully saturated rings. The van der Waals surface area contributed by atoms with Crippen molar-refractivity contribution in [3.05, 3.63) is 54.4 Å². The van der Waals surface area contributed by atoms with Crippen LogP contribution in [0.5, 0.6) is 0 Å². The minimum absolute atomic E-state index is 0.124. The van der Waals surface area contributed by atoms with E-state index in [2.05, 4.69) is 25.3 Å². The number of aromatic amines is 1. The van der Waals surface area contributed by atoms with E-state index in [1.54, 1.807) is 18.6 Å². The van der Waals surface area contributed by atoms with E-state index in [-0.39, 0.29) is 18.6 Å². The number of nitrogens with zero attached hydrogens (tertiary/aromatic N) is 3. The fraction of sp³-hybridized carbons (Fsp3) is 0.250. The van der Waals surface area contributed by atoms with Gasteiger partial charge in [-0.25, -0.2) is 4.98 Å². The highest BCUT2D eigenvalue weighted by Gasteiger charge is 2.16. The number of H-pyrrole nitrogens is 1. The summed E-state index contributed by atoms with van der Waals surface area (Å²) in [5, 5.41) is 12.3. The number of fused-ring (bicyclic) bond motifs is 1. The number of nitrogens with one attached hydrogen (secondary N) is 2. The van der Waals surface area contributed by atoms with Crippen molar-refractivity contribution in [2.24, 2.45) is 0 Å². The SMILES string of the molecule is O=C(NC(CO)CCc1ccncc1)c1cncc2[nH]cnc12. The van der Waals surface area contributed by atoms with Crippen LogP contribution >= 0.6 is 0 Å².